The molecule has 112 valence electrons. The molecule has 0 aliphatic carbocycles. The highest BCUT2D eigenvalue weighted by molar-refractivity contribution is 7.13. The summed E-state index contributed by atoms with van der Waals surface area (Å²) in [5.74, 6) is -0.286. The fourth-order valence-electron chi connectivity index (χ4n) is 1.66. The molecule has 0 amide bonds. The van der Waals surface area contributed by atoms with Crippen molar-refractivity contribution in [2.24, 2.45) is 0 Å². The maximum Gasteiger partial charge on any atom is 0.311 e. The zero-order valence-corrected chi connectivity index (χ0v) is 13.9. The van der Waals surface area contributed by atoms with Gasteiger partial charge < -0.3 is 10.1 Å². The summed E-state index contributed by atoms with van der Waals surface area (Å²) >= 11 is 13.6. The molecule has 0 spiro atoms. The largest absolute Gasteiger partial charge is 0.466 e. The van der Waals surface area contributed by atoms with Crippen LogP contribution in [0.25, 0.3) is 0 Å². The highest BCUT2D eigenvalue weighted by atomic mass is 35.5. The van der Waals surface area contributed by atoms with Crippen molar-refractivity contribution in [2.45, 2.75) is 20.3 Å². The van der Waals surface area contributed by atoms with Gasteiger partial charge in [0.1, 0.15) is 0 Å². The van der Waals surface area contributed by atoms with Crippen LogP contribution in [0.5, 0.6) is 0 Å². The van der Waals surface area contributed by atoms with E-state index in [2.05, 4.69) is 10.3 Å². The van der Waals surface area contributed by atoms with E-state index in [1.54, 1.807) is 19.1 Å². The number of anilines is 2. The van der Waals surface area contributed by atoms with E-state index in [0.29, 0.717) is 33.2 Å². The number of aryl methyl sites for hydroxylation is 1. The van der Waals surface area contributed by atoms with Crippen molar-refractivity contribution in [1.29, 1.82) is 0 Å². The van der Waals surface area contributed by atoms with Crippen molar-refractivity contribution in [3.05, 3.63) is 38.8 Å². The second kappa shape index (κ2) is 7.11. The minimum Gasteiger partial charge on any atom is -0.466 e. The number of nitrogens with one attached hydrogen (secondary N) is 1. The summed E-state index contributed by atoms with van der Waals surface area (Å²) < 4.78 is 4.89. The Labute approximate surface area is 137 Å². The monoisotopic (exact) mass is 344 g/mol. The van der Waals surface area contributed by atoms with Gasteiger partial charge in [0.2, 0.25) is 0 Å². The van der Waals surface area contributed by atoms with E-state index in [1.165, 1.54) is 11.3 Å². The number of hydrogen-bond donors (Lipinski definition) is 1. The smallest absolute Gasteiger partial charge is 0.311 e. The van der Waals surface area contributed by atoms with E-state index in [4.69, 9.17) is 27.9 Å². The molecule has 21 heavy (non-hydrogen) atoms. The Bertz CT molecular complexity index is 658. The van der Waals surface area contributed by atoms with Crippen molar-refractivity contribution >= 4 is 51.3 Å². The Kier molecular flexibility index (Phi) is 5.45. The molecule has 0 aliphatic heterocycles. The highest BCUT2D eigenvalue weighted by Gasteiger charge is 2.10. The molecule has 0 fully saturated rings. The molecule has 0 atom stereocenters. The summed E-state index contributed by atoms with van der Waals surface area (Å²) in [4.78, 5) is 15.7. The molecule has 2 aromatic rings. The lowest BCUT2D eigenvalue weighted by atomic mass is 10.2. The Balaban J connectivity index is 2.09. The van der Waals surface area contributed by atoms with E-state index >= 15 is 0 Å². The van der Waals surface area contributed by atoms with Crippen LogP contribution in [0.15, 0.2) is 17.5 Å². The van der Waals surface area contributed by atoms with Gasteiger partial charge in [0.05, 0.1) is 29.4 Å². The molecule has 0 radical (unpaired) electrons. The number of halogens is 2. The molecule has 0 saturated heterocycles. The maximum absolute atomic E-state index is 11.4. The van der Waals surface area contributed by atoms with Crippen LogP contribution in [0, 0.1) is 6.92 Å². The van der Waals surface area contributed by atoms with Crippen molar-refractivity contribution in [2.75, 3.05) is 11.9 Å². The number of benzene rings is 1. The lowest BCUT2D eigenvalue weighted by molar-refractivity contribution is -0.142. The third-order valence-electron chi connectivity index (χ3n) is 2.67. The zero-order chi connectivity index (χ0) is 15.4. The summed E-state index contributed by atoms with van der Waals surface area (Å²) in [6.45, 7) is 4.03. The first-order chi connectivity index (χ1) is 9.99. The predicted octanol–water partition coefficient (Wildman–Crippen LogP) is 4.61. The number of thiazole rings is 1. The van der Waals surface area contributed by atoms with Crippen LogP contribution in [0.2, 0.25) is 10.0 Å². The van der Waals surface area contributed by atoms with Crippen molar-refractivity contribution in [3.63, 3.8) is 0 Å². The molecule has 1 N–H and O–H groups in total. The van der Waals surface area contributed by atoms with Crippen LogP contribution < -0.4 is 5.32 Å². The predicted molar refractivity (Wildman–Crippen MR) is 86.9 cm³/mol. The number of carbonyl (C=O) groups excluding carboxylic acids is 1. The molecular weight excluding hydrogens is 331 g/mol. The number of rotatable bonds is 5. The van der Waals surface area contributed by atoms with E-state index in [1.807, 2.05) is 12.3 Å². The number of hydrogen-bond acceptors (Lipinski definition) is 5. The van der Waals surface area contributed by atoms with E-state index in [0.717, 1.165) is 5.56 Å². The molecule has 7 heteroatoms. The summed E-state index contributed by atoms with van der Waals surface area (Å²) in [6.07, 6.45) is 0.161. The number of carbonyl (C=O) groups is 1. The summed E-state index contributed by atoms with van der Waals surface area (Å²) in [5.41, 5.74) is 2.26. The first kappa shape index (κ1) is 16.1. The third-order valence-corrected chi connectivity index (χ3v) is 4.20. The molecule has 0 bridgehead atoms. The Morgan fingerprint density at radius 2 is 2.14 bits per heavy atom. The maximum atomic E-state index is 11.4. The molecule has 2 rings (SSSR count). The fraction of sp³-hybridized carbons (Fsp3) is 0.286. The lowest BCUT2D eigenvalue weighted by Crippen LogP contribution is -2.07. The van der Waals surface area contributed by atoms with Gasteiger partial charge in [-0.25, -0.2) is 4.98 Å². The standard InChI is InChI=1S/C14H14Cl2N2O2S/c1-3-20-13(19)5-9-7-21-14(17-9)18-12-6-10(15)8(2)4-11(12)16/h4,6-7H,3,5H2,1-2H3,(H,17,18). The SMILES string of the molecule is CCOC(=O)Cc1csc(Nc2cc(Cl)c(C)cc2Cl)n1. The van der Waals surface area contributed by atoms with Gasteiger partial charge in [0.25, 0.3) is 0 Å². The second-order valence-electron chi connectivity index (χ2n) is 4.33. The van der Waals surface area contributed by atoms with Crippen LogP contribution in [0.1, 0.15) is 18.2 Å². The normalized spacial score (nSPS) is 10.5. The van der Waals surface area contributed by atoms with Gasteiger partial charge in [-0.15, -0.1) is 11.3 Å². The van der Waals surface area contributed by atoms with E-state index in [9.17, 15) is 4.79 Å². The van der Waals surface area contributed by atoms with Crippen LogP contribution >= 0.6 is 34.5 Å². The first-order valence-corrected chi connectivity index (χ1v) is 7.96. The van der Waals surface area contributed by atoms with E-state index < -0.39 is 0 Å². The van der Waals surface area contributed by atoms with Crippen molar-refractivity contribution < 1.29 is 9.53 Å². The minimum atomic E-state index is -0.286. The first-order valence-electron chi connectivity index (χ1n) is 6.32. The minimum absolute atomic E-state index is 0.161. The average Bonchev–Trinajstić information content (AvgIpc) is 2.83. The molecule has 0 unspecified atom stereocenters. The van der Waals surface area contributed by atoms with Crippen molar-refractivity contribution in [3.8, 4) is 0 Å². The molecule has 1 aromatic heterocycles. The quantitative estimate of drug-likeness (QED) is 0.804. The molecule has 0 saturated carbocycles. The van der Waals surface area contributed by atoms with Crippen LogP contribution in [0.4, 0.5) is 10.8 Å². The summed E-state index contributed by atoms with van der Waals surface area (Å²) in [6, 6.07) is 3.55. The molecule has 0 aliphatic rings. The zero-order valence-electron chi connectivity index (χ0n) is 11.6. The second-order valence-corrected chi connectivity index (χ2v) is 6.00. The van der Waals surface area contributed by atoms with Gasteiger partial charge in [0, 0.05) is 10.4 Å². The van der Waals surface area contributed by atoms with Gasteiger partial charge >= 0.3 is 5.97 Å². The van der Waals surface area contributed by atoms with Gasteiger partial charge in [-0.1, -0.05) is 23.2 Å². The van der Waals surface area contributed by atoms with Crippen LogP contribution in [-0.2, 0) is 16.0 Å². The average molecular weight is 345 g/mol. The number of ether oxygens (including phenoxy) is 1. The topological polar surface area (TPSA) is 51.2 Å². The van der Waals surface area contributed by atoms with Gasteiger partial charge in [-0.3, -0.25) is 4.79 Å². The molecule has 1 heterocycles. The number of nitrogens with zero attached hydrogens (tertiary/aromatic N) is 1. The molecular formula is C14H14Cl2N2O2S. The lowest BCUT2D eigenvalue weighted by Gasteiger charge is -2.07. The Morgan fingerprint density at radius 1 is 1.38 bits per heavy atom. The third kappa shape index (κ3) is 4.33. The van der Waals surface area contributed by atoms with Gasteiger partial charge in [-0.05, 0) is 31.5 Å². The highest BCUT2D eigenvalue weighted by Crippen LogP contribution is 2.32. The summed E-state index contributed by atoms with van der Waals surface area (Å²) in [7, 11) is 0. The fourth-order valence-corrected chi connectivity index (χ4v) is 2.81. The number of esters is 1. The Hall–Kier alpha value is -1.30. The number of aromatic nitrogens is 1. The van der Waals surface area contributed by atoms with Crippen LogP contribution in [0.3, 0.4) is 0 Å². The molecule has 4 nitrogen and oxygen atoms in total. The summed E-state index contributed by atoms with van der Waals surface area (Å²) in [5, 5.41) is 6.76. The van der Waals surface area contributed by atoms with Crippen molar-refractivity contribution in [1.82, 2.24) is 4.98 Å². The van der Waals surface area contributed by atoms with E-state index in [-0.39, 0.29) is 12.4 Å². The van der Waals surface area contributed by atoms with Crippen LogP contribution in [-0.4, -0.2) is 17.6 Å². The molecule has 1 aromatic carbocycles. The Morgan fingerprint density at radius 3 is 2.86 bits per heavy atom. The van der Waals surface area contributed by atoms with Gasteiger partial charge in [-0.2, -0.15) is 0 Å². The van der Waals surface area contributed by atoms with Gasteiger partial charge in [0.15, 0.2) is 5.13 Å².